The molecule has 1 saturated carbocycles. The lowest BCUT2D eigenvalue weighted by Gasteiger charge is -2.31. The summed E-state index contributed by atoms with van der Waals surface area (Å²) in [6, 6.07) is 0. The van der Waals surface area contributed by atoms with Gasteiger partial charge in [0.15, 0.2) is 5.78 Å². The minimum absolute atomic E-state index is 0. The zero-order chi connectivity index (χ0) is 8.32. The largest absolute Gasteiger partial charge is 0.324 e. The van der Waals surface area contributed by atoms with Gasteiger partial charge in [-0.1, -0.05) is 26.2 Å². The summed E-state index contributed by atoms with van der Waals surface area (Å²) < 4.78 is 0. The monoisotopic (exact) mass is 191 g/mol. The molecule has 1 aliphatic rings. The van der Waals surface area contributed by atoms with Crippen LogP contribution in [-0.2, 0) is 4.79 Å². The maximum Gasteiger partial charge on any atom is 0.152 e. The minimum atomic E-state index is -0.0764. The van der Waals surface area contributed by atoms with Crippen molar-refractivity contribution < 1.29 is 4.79 Å². The van der Waals surface area contributed by atoms with Crippen LogP contribution in [0.5, 0.6) is 0 Å². The zero-order valence-electron chi connectivity index (χ0n) is 7.64. The van der Waals surface area contributed by atoms with Crippen molar-refractivity contribution >= 4 is 18.2 Å². The Balaban J connectivity index is 0.00000121. The molecule has 1 fully saturated rings. The van der Waals surface area contributed by atoms with Gasteiger partial charge in [-0.2, -0.15) is 0 Å². The first-order chi connectivity index (χ1) is 5.19. The molecule has 0 unspecified atom stereocenters. The molecule has 0 saturated heterocycles. The Morgan fingerprint density at radius 3 is 2.25 bits per heavy atom. The second-order valence-corrected chi connectivity index (χ2v) is 3.75. The van der Waals surface area contributed by atoms with E-state index in [9.17, 15) is 4.79 Å². The number of rotatable bonds is 2. The molecule has 2 nitrogen and oxygen atoms in total. The lowest BCUT2D eigenvalue weighted by atomic mass is 9.73. The molecule has 0 aliphatic heterocycles. The molecule has 0 aromatic rings. The van der Waals surface area contributed by atoms with Gasteiger partial charge in [0.2, 0.25) is 0 Å². The van der Waals surface area contributed by atoms with Gasteiger partial charge in [0.1, 0.15) is 0 Å². The molecule has 0 spiro atoms. The van der Waals surface area contributed by atoms with E-state index in [4.69, 9.17) is 5.73 Å². The number of nitrogens with two attached hydrogens (primary N) is 1. The fraction of sp³-hybridized carbons (Fsp3) is 0.889. The first-order valence-electron chi connectivity index (χ1n) is 4.42. The Kier molecular flexibility index (Phi) is 4.80. The van der Waals surface area contributed by atoms with Gasteiger partial charge < -0.3 is 5.73 Å². The maximum atomic E-state index is 11.4. The van der Waals surface area contributed by atoms with Crippen LogP contribution in [0.25, 0.3) is 0 Å². The molecular formula is C9H18ClNO. The Bertz CT molecular complexity index is 153. The van der Waals surface area contributed by atoms with Gasteiger partial charge in [0.25, 0.3) is 0 Å². The van der Waals surface area contributed by atoms with E-state index in [1.165, 1.54) is 19.3 Å². The number of ketones is 1. The van der Waals surface area contributed by atoms with E-state index < -0.39 is 0 Å². The van der Waals surface area contributed by atoms with Gasteiger partial charge in [0.05, 0.1) is 6.54 Å². The molecule has 0 heterocycles. The molecular weight excluding hydrogens is 174 g/mol. The smallest absolute Gasteiger partial charge is 0.152 e. The van der Waals surface area contributed by atoms with Crippen molar-refractivity contribution in [2.24, 2.45) is 11.1 Å². The molecule has 0 bridgehead atoms. The third-order valence-electron chi connectivity index (χ3n) is 2.82. The number of halogens is 1. The van der Waals surface area contributed by atoms with Crippen molar-refractivity contribution in [3.8, 4) is 0 Å². The Morgan fingerprint density at radius 2 is 1.83 bits per heavy atom. The number of Topliss-reactive ketones (excluding diaryl/α,β-unsaturated/α-hetero) is 1. The van der Waals surface area contributed by atoms with Crippen LogP contribution in [0.3, 0.4) is 0 Å². The highest BCUT2D eigenvalue weighted by molar-refractivity contribution is 5.86. The summed E-state index contributed by atoms with van der Waals surface area (Å²) in [5, 5.41) is 0. The highest BCUT2D eigenvalue weighted by atomic mass is 35.5. The number of hydrogen-bond donors (Lipinski definition) is 1. The van der Waals surface area contributed by atoms with E-state index in [0.29, 0.717) is 0 Å². The van der Waals surface area contributed by atoms with Crippen molar-refractivity contribution in [1.29, 1.82) is 0 Å². The van der Waals surface area contributed by atoms with E-state index in [2.05, 4.69) is 6.92 Å². The van der Waals surface area contributed by atoms with Crippen LogP contribution in [0.4, 0.5) is 0 Å². The van der Waals surface area contributed by atoms with Crippen molar-refractivity contribution in [2.45, 2.75) is 39.0 Å². The third kappa shape index (κ3) is 2.46. The average molecular weight is 192 g/mol. The normalized spacial score (nSPS) is 21.2. The number of carbonyl (C=O) groups excluding carboxylic acids is 1. The highest BCUT2D eigenvalue weighted by Crippen LogP contribution is 2.36. The maximum absolute atomic E-state index is 11.4. The van der Waals surface area contributed by atoms with Crippen LogP contribution in [-0.4, -0.2) is 12.3 Å². The van der Waals surface area contributed by atoms with E-state index in [-0.39, 0.29) is 30.2 Å². The zero-order valence-corrected chi connectivity index (χ0v) is 8.45. The predicted molar refractivity (Wildman–Crippen MR) is 52.5 cm³/mol. The standard InChI is InChI=1S/C9H17NO.ClH/c1-9(8(11)7-10)5-3-2-4-6-9;/h2-7,10H2,1H3;1H. The summed E-state index contributed by atoms with van der Waals surface area (Å²) in [4.78, 5) is 11.4. The van der Waals surface area contributed by atoms with Gasteiger partial charge in [-0.25, -0.2) is 0 Å². The minimum Gasteiger partial charge on any atom is -0.324 e. The Morgan fingerprint density at radius 1 is 1.33 bits per heavy atom. The molecule has 1 rings (SSSR count). The molecule has 0 amide bonds. The molecule has 12 heavy (non-hydrogen) atoms. The third-order valence-corrected chi connectivity index (χ3v) is 2.82. The first kappa shape index (κ1) is 11.9. The molecule has 0 radical (unpaired) electrons. The summed E-state index contributed by atoms with van der Waals surface area (Å²) in [5.41, 5.74) is 5.26. The summed E-state index contributed by atoms with van der Waals surface area (Å²) in [6.07, 6.45) is 5.77. The Hall–Kier alpha value is -0.0800. The van der Waals surface area contributed by atoms with Crippen molar-refractivity contribution in [2.75, 3.05) is 6.54 Å². The topological polar surface area (TPSA) is 43.1 Å². The molecule has 0 atom stereocenters. The lowest BCUT2D eigenvalue weighted by Crippen LogP contribution is -2.35. The van der Waals surface area contributed by atoms with Crippen molar-refractivity contribution in [1.82, 2.24) is 0 Å². The van der Waals surface area contributed by atoms with Gasteiger partial charge in [-0.3, -0.25) is 4.79 Å². The second kappa shape index (κ2) is 4.83. The van der Waals surface area contributed by atoms with E-state index in [1.807, 2.05) is 0 Å². The fourth-order valence-corrected chi connectivity index (χ4v) is 1.86. The first-order valence-corrected chi connectivity index (χ1v) is 4.42. The fourth-order valence-electron chi connectivity index (χ4n) is 1.86. The molecule has 72 valence electrons. The van der Waals surface area contributed by atoms with Crippen LogP contribution in [0.1, 0.15) is 39.0 Å². The van der Waals surface area contributed by atoms with Crippen LogP contribution < -0.4 is 5.73 Å². The van der Waals surface area contributed by atoms with E-state index in [1.54, 1.807) is 0 Å². The van der Waals surface area contributed by atoms with Crippen molar-refractivity contribution in [3.63, 3.8) is 0 Å². The van der Waals surface area contributed by atoms with Gasteiger partial charge in [-0.15, -0.1) is 12.4 Å². The van der Waals surface area contributed by atoms with Crippen LogP contribution in [0, 0.1) is 5.41 Å². The predicted octanol–water partition coefficient (Wildman–Crippen LogP) is 1.91. The number of hydrogen-bond acceptors (Lipinski definition) is 2. The van der Waals surface area contributed by atoms with Crippen molar-refractivity contribution in [3.05, 3.63) is 0 Å². The average Bonchev–Trinajstić information content (AvgIpc) is 2.04. The highest BCUT2D eigenvalue weighted by Gasteiger charge is 2.32. The van der Waals surface area contributed by atoms with Crippen LogP contribution >= 0.6 is 12.4 Å². The molecule has 2 N–H and O–H groups in total. The molecule has 1 aliphatic carbocycles. The number of carbonyl (C=O) groups is 1. The summed E-state index contributed by atoms with van der Waals surface area (Å²) in [6.45, 7) is 2.28. The summed E-state index contributed by atoms with van der Waals surface area (Å²) >= 11 is 0. The summed E-state index contributed by atoms with van der Waals surface area (Å²) in [5.74, 6) is 0.247. The SMILES string of the molecule is CC1(C(=O)CN)CCCCC1.Cl. The summed E-state index contributed by atoms with van der Waals surface area (Å²) in [7, 11) is 0. The van der Waals surface area contributed by atoms with E-state index >= 15 is 0 Å². The lowest BCUT2D eigenvalue weighted by molar-refractivity contribution is -0.128. The molecule has 0 aromatic heterocycles. The van der Waals surface area contributed by atoms with Crippen LogP contribution in [0.2, 0.25) is 0 Å². The second-order valence-electron chi connectivity index (χ2n) is 3.75. The Labute approximate surface area is 80.3 Å². The van der Waals surface area contributed by atoms with Gasteiger partial charge in [0, 0.05) is 5.41 Å². The quantitative estimate of drug-likeness (QED) is 0.725. The van der Waals surface area contributed by atoms with Gasteiger partial charge >= 0.3 is 0 Å². The van der Waals surface area contributed by atoms with E-state index in [0.717, 1.165) is 12.8 Å². The molecule has 0 aromatic carbocycles. The van der Waals surface area contributed by atoms with Gasteiger partial charge in [-0.05, 0) is 12.8 Å². The van der Waals surface area contributed by atoms with Crippen LogP contribution in [0.15, 0.2) is 0 Å². The molecule has 3 heteroatoms.